The van der Waals surface area contributed by atoms with E-state index in [0.29, 0.717) is 63.9 Å². The van der Waals surface area contributed by atoms with Crippen LogP contribution in [0.15, 0.2) is 203 Å². The van der Waals surface area contributed by atoms with Gasteiger partial charge in [-0.05, 0) is 113 Å². The summed E-state index contributed by atoms with van der Waals surface area (Å²) in [5.74, 6) is 5.87. The first-order valence-electron chi connectivity index (χ1n) is 38.5. The lowest BCUT2D eigenvalue weighted by molar-refractivity contribution is 0.140. The number of aromatic nitrogens is 10. The second-order valence-corrected chi connectivity index (χ2v) is 28.8. The molecule has 548 valence electrons. The van der Waals surface area contributed by atoms with Crippen molar-refractivity contribution >= 4 is 29.5 Å². The highest BCUT2D eigenvalue weighted by Gasteiger charge is 2.48. The lowest BCUT2D eigenvalue weighted by Gasteiger charge is -2.36. The number of hydrogen-bond donors (Lipinski definition) is 0. The van der Waals surface area contributed by atoms with Crippen molar-refractivity contribution in [3.05, 3.63) is 223 Å². The molecular weight excluding hydrogens is 1360 g/mol. The molecular formula is C85H85N15O8. The van der Waals surface area contributed by atoms with Gasteiger partial charge in [0, 0.05) is 168 Å². The van der Waals surface area contributed by atoms with Crippen molar-refractivity contribution in [1.82, 2.24) is 49.8 Å². The second kappa shape index (κ2) is 29.9. The van der Waals surface area contributed by atoms with Crippen LogP contribution >= 0.6 is 0 Å². The van der Waals surface area contributed by atoms with Crippen molar-refractivity contribution in [1.29, 1.82) is 0 Å². The van der Waals surface area contributed by atoms with Gasteiger partial charge in [0.15, 0.2) is 29.5 Å². The molecule has 0 amide bonds. The van der Waals surface area contributed by atoms with E-state index in [1.54, 1.807) is 83.1 Å². The minimum absolute atomic E-state index is 0.0964. The van der Waals surface area contributed by atoms with Gasteiger partial charge in [0.1, 0.15) is 116 Å². The molecule has 0 bridgehead atoms. The predicted molar refractivity (Wildman–Crippen MR) is 412 cm³/mol. The third kappa shape index (κ3) is 14.6. The average molecular weight is 1450 g/mol. The number of para-hydroxylation sites is 2. The lowest BCUT2D eigenvalue weighted by atomic mass is 9.73. The first-order valence-corrected chi connectivity index (χ1v) is 36.5. The van der Waals surface area contributed by atoms with E-state index in [4.69, 9.17) is 48.4 Å². The number of rotatable bonds is 6. The second-order valence-electron chi connectivity index (χ2n) is 28.8. The Morgan fingerprint density at radius 1 is 0.380 bits per heavy atom. The van der Waals surface area contributed by atoms with Crippen molar-refractivity contribution in [3.8, 4) is 73.0 Å². The van der Waals surface area contributed by atoms with E-state index in [-0.39, 0.29) is 22.7 Å². The maximum Gasteiger partial charge on any atom is 0.181 e. The van der Waals surface area contributed by atoms with Crippen molar-refractivity contribution in [2.75, 3.05) is 46.7 Å². The van der Waals surface area contributed by atoms with E-state index in [1.165, 1.54) is 46.8 Å². The van der Waals surface area contributed by atoms with Gasteiger partial charge >= 0.3 is 0 Å². The highest BCUT2D eigenvalue weighted by molar-refractivity contribution is 5.80. The van der Waals surface area contributed by atoms with Gasteiger partial charge in [-0.3, -0.25) is 9.97 Å². The smallest absolute Gasteiger partial charge is 0.181 e. The molecule has 0 saturated heterocycles. The number of nitrogens with zero attached hydrogens (tertiary/aromatic N) is 15. The van der Waals surface area contributed by atoms with Gasteiger partial charge < -0.3 is 37.9 Å². The number of hydrogen-bond acceptors (Lipinski definition) is 23. The standard InChI is InChI=1S/C19H21N3O2.2C17H17N3O.2C16H15N3O2/c1-12-19(22-13(2)24-12)7-6-16-15(14-9-20-11-21-10-14)4-5-18(23-3)17(16)8-19;2*1-12-20-17(10-21-12)6-5-13-3-2-4-15(16(13)7-17)14-8-18-11-19-9-14;1-11-19-16(8-20-11)5-12-3-2-4-14(15(12)21-9-16)13-6-17-10-18-7-13;1-11-19-16(9-20-11)7-12-3-2-4-13(15(12)21-10-16)14-8-17-5-6-18-14/h4-5,9-12H,6-8H2,1-3H3;2*2-4,8-9,11H,5-7,10H2,1H3;2-4,6-7,10H,5,8-9H2,1H3;2-6,8H,7,9-10H2,1H3/t12-,19+;2*17-;16-;/m1100./s1/i;2*10D2;;. The summed E-state index contributed by atoms with van der Waals surface area (Å²) in [5, 5.41) is 0. The predicted octanol–water partition coefficient (Wildman–Crippen LogP) is 13.4. The molecule has 23 heteroatoms. The fourth-order valence-corrected chi connectivity index (χ4v) is 16.4. The molecule has 20 rings (SSSR count). The van der Waals surface area contributed by atoms with Crippen LogP contribution in [0.3, 0.4) is 0 Å². The molecule has 23 nitrogen and oxygen atoms in total. The lowest BCUT2D eigenvalue weighted by Crippen LogP contribution is -2.41. The van der Waals surface area contributed by atoms with Gasteiger partial charge in [-0.15, -0.1) is 0 Å². The zero-order valence-electron chi connectivity index (χ0n) is 65.4. The molecule has 12 heterocycles. The molecule has 0 N–H and O–H groups in total. The number of aryl methyl sites for hydroxylation is 2. The van der Waals surface area contributed by atoms with Crippen molar-refractivity contribution < 1.29 is 43.4 Å². The Balaban J connectivity index is 0.000000106. The quantitative estimate of drug-likeness (QED) is 0.150. The van der Waals surface area contributed by atoms with Gasteiger partial charge in [0.25, 0.3) is 0 Å². The van der Waals surface area contributed by atoms with Crippen LogP contribution < -0.4 is 14.2 Å². The maximum atomic E-state index is 8.28. The monoisotopic (exact) mass is 1450 g/mol. The van der Waals surface area contributed by atoms with Crippen molar-refractivity contribution in [2.45, 2.75) is 146 Å². The molecule has 0 radical (unpaired) electrons. The summed E-state index contributed by atoms with van der Waals surface area (Å²) in [4.78, 5) is 64.6. The molecule has 3 aliphatic carbocycles. The van der Waals surface area contributed by atoms with Gasteiger partial charge in [-0.1, -0.05) is 72.8 Å². The summed E-state index contributed by atoms with van der Waals surface area (Å²) in [6.45, 7) is 10.0. The molecule has 0 fully saturated rings. The van der Waals surface area contributed by atoms with E-state index in [1.807, 2.05) is 87.8 Å². The van der Waals surface area contributed by atoms with E-state index < -0.39 is 24.2 Å². The van der Waals surface area contributed by atoms with Crippen molar-refractivity contribution in [3.63, 3.8) is 0 Å². The molecule has 1 unspecified atom stereocenters. The fourth-order valence-electron chi connectivity index (χ4n) is 16.4. The minimum Gasteiger partial charge on any atom is -0.496 e. The van der Waals surface area contributed by atoms with E-state index in [9.17, 15) is 0 Å². The summed E-state index contributed by atoms with van der Waals surface area (Å²) in [7, 11) is 1.73. The average Bonchev–Trinajstić information content (AvgIpc) is 1.53. The minimum atomic E-state index is -1.77. The first-order chi connectivity index (χ1) is 54.2. The maximum absolute atomic E-state index is 8.28. The van der Waals surface area contributed by atoms with Crippen LogP contribution in [0.4, 0.5) is 0 Å². The summed E-state index contributed by atoms with van der Waals surface area (Å²) in [6.07, 6.45) is 34.2. The van der Waals surface area contributed by atoms with E-state index in [2.05, 4.69) is 107 Å². The number of ether oxygens (including phenoxy) is 8. The molecule has 5 spiro atoms. The van der Waals surface area contributed by atoms with Crippen LogP contribution in [0.25, 0.3) is 55.8 Å². The summed E-state index contributed by atoms with van der Waals surface area (Å²) in [6, 6.07) is 28.8. The topological polar surface area (TPSA) is 265 Å². The zero-order valence-corrected chi connectivity index (χ0v) is 61.4. The Kier molecular flexibility index (Phi) is 18.2. The normalized spacial score (nSPS) is 25.2. The van der Waals surface area contributed by atoms with Crippen LogP contribution in [0.2, 0.25) is 0 Å². The van der Waals surface area contributed by atoms with Crippen molar-refractivity contribution in [2.24, 2.45) is 25.0 Å². The molecule has 5 aromatic heterocycles. The molecule has 5 aromatic carbocycles. The van der Waals surface area contributed by atoms with Gasteiger partial charge in [0.05, 0.1) is 24.5 Å². The Labute approximate surface area is 633 Å². The van der Waals surface area contributed by atoms with E-state index >= 15 is 0 Å². The number of methoxy groups -OCH3 is 1. The molecule has 10 aliphatic rings. The third-order valence-corrected chi connectivity index (χ3v) is 21.4. The molecule has 6 atom stereocenters. The Hall–Kier alpha value is -11.8. The van der Waals surface area contributed by atoms with Crippen LogP contribution in [-0.4, -0.2) is 160 Å². The summed E-state index contributed by atoms with van der Waals surface area (Å²) >= 11 is 0. The first kappa shape index (κ1) is 65.7. The highest BCUT2D eigenvalue weighted by atomic mass is 16.5. The summed E-state index contributed by atoms with van der Waals surface area (Å²) < 4.78 is 78.5. The van der Waals surface area contributed by atoms with Crippen LogP contribution in [0.5, 0.6) is 17.2 Å². The Morgan fingerprint density at radius 2 is 0.815 bits per heavy atom. The van der Waals surface area contributed by atoms with Crippen LogP contribution in [-0.2, 0) is 75.1 Å². The summed E-state index contributed by atoms with van der Waals surface area (Å²) in [5.41, 5.74) is 17.3. The number of fused-ring (bicyclic) bond motifs is 5. The highest BCUT2D eigenvalue weighted by Crippen LogP contribution is 2.47. The van der Waals surface area contributed by atoms with Gasteiger partial charge in [-0.25, -0.2) is 64.8 Å². The van der Waals surface area contributed by atoms with E-state index in [0.717, 1.165) is 152 Å². The molecule has 7 aliphatic heterocycles. The SMILES string of the molecule is CC1=NC2(CO1)COc1c(cccc1-c1cnccn1)C2.CC1=N[C@@]2(CO1)COc1c(cccc1-c1cncnc1)C2.COc1ccc(-c2cncnc2)c2c1C[C@]1(CC2)N=C(C)O[C@@H]1C.[2H]C1([2H])OC(C)=N[C@@]12CCc1cccc(-c3cncnc3)c1C2.[2H]C1([2H])OC(C)=N[C@]12CCc1cccc(-c3cncnc3)c1C2. The van der Waals surface area contributed by atoms with Crippen LogP contribution in [0, 0.1) is 0 Å². The molecule has 108 heavy (non-hydrogen) atoms. The number of benzene rings is 5. The fraction of sp³-hybridized carbons (Fsp3) is 0.353. The molecule has 0 saturated carbocycles. The number of aliphatic imine (C=N–C) groups is 5. The Bertz CT molecular complexity index is 5090. The third-order valence-electron chi connectivity index (χ3n) is 21.4. The van der Waals surface area contributed by atoms with Crippen LogP contribution in [0.1, 0.15) is 111 Å². The Morgan fingerprint density at radius 3 is 1.25 bits per heavy atom. The zero-order chi connectivity index (χ0) is 77.5. The van der Waals surface area contributed by atoms with Gasteiger partial charge in [0.2, 0.25) is 0 Å². The van der Waals surface area contributed by atoms with Gasteiger partial charge in [-0.2, -0.15) is 0 Å². The molecule has 10 aromatic rings. The largest absolute Gasteiger partial charge is 0.496 e.